The molecule has 0 radical (unpaired) electrons. The van der Waals surface area contributed by atoms with Crippen molar-refractivity contribution in [3.63, 3.8) is 0 Å². The topological polar surface area (TPSA) is 98.5 Å². The lowest BCUT2D eigenvalue weighted by Gasteiger charge is -2.06. The van der Waals surface area contributed by atoms with Gasteiger partial charge in [0.15, 0.2) is 0 Å². The highest BCUT2D eigenvalue weighted by Crippen LogP contribution is 2.13. The Kier molecular flexibility index (Phi) is 3.39. The third kappa shape index (κ3) is 2.68. The maximum atomic E-state index is 12.3. The second-order valence-electron chi connectivity index (χ2n) is 4.94. The van der Waals surface area contributed by atoms with Gasteiger partial charge in [-0.2, -0.15) is 5.10 Å². The molecule has 1 aromatic carbocycles. The number of rotatable bonds is 3. The summed E-state index contributed by atoms with van der Waals surface area (Å²) in [7, 11) is 0. The predicted octanol–water partition coefficient (Wildman–Crippen LogP) is 1.86. The van der Waals surface area contributed by atoms with Gasteiger partial charge >= 0.3 is 0 Å². The summed E-state index contributed by atoms with van der Waals surface area (Å²) in [5.41, 5.74) is 2.38. The number of anilines is 1. The molecule has 24 heavy (non-hydrogen) atoms. The highest BCUT2D eigenvalue weighted by Gasteiger charge is 2.09. The first-order valence-electron chi connectivity index (χ1n) is 7.14. The van der Waals surface area contributed by atoms with E-state index in [0.29, 0.717) is 22.7 Å². The van der Waals surface area contributed by atoms with Crippen molar-refractivity contribution in [3.05, 3.63) is 67.0 Å². The van der Waals surface area contributed by atoms with Crippen LogP contribution in [0.15, 0.2) is 61.4 Å². The Balaban J connectivity index is 1.54. The van der Waals surface area contributed by atoms with Crippen molar-refractivity contribution in [3.8, 4) is 5.95 Å². The first kappa shape index (κ1) is 13.9. The van der Waals surface area contributed by atoms with Crippen molar-refractivity contribution in [1.82, 2.24) is 29.7 Å². The molecule has 8 nitrogen and oxygen atoms in total. The summed E-state index contributed by atoms with van der Waals surface area (Å²) in [5.74, 6) is 0.164. The van der Waals surface area contributed by atoms with Gasteiger partial charge in [0, 0.05) is 30.4 Å². The molecular weight excluding hydrogens is 306 g/mol. The van der Waals surface area contributed by atoms with Crippen LogP contribution in [-0.4, -0.2) is 35.6 Å². The van der Waals surface area contributed by atoms with Gasteiger partial charge in [0.2, 0.25) is 0 Å². The van der Waals surface area contributed by atoms with Crippen LogP contribution < -0.4 is 5.32 Å². The van der Waals surface area contributed by atoms with Crippen LogP contribution in [0.2, 0.25) is 0 Å². The molecule has 0 aliphatic rings. The molecule has 0 fully saturated rings. The minimum Gasteiger partial charge on any atom is -0.319 e. The van der Waals surface area contributed by atoms with Crippen LogP contribution in [0.3, 0.4) is 0 Å². The van der Waals surface area contributed by atoms with E-state index >= 15 is 0 Å². The summed E-state index contributed by atoms with van der Waals surface area (Å²) in [6, 6.07) is 6.93. The van der Waals surface area contributed by atoms with Gasteiger partial charge in [-0.25, -0.2) is 14.6 Å². The highest BCUT2D eigenvalue weighted by atomic mass is 16.1. The Morgan fingerprint density at radius 2 is 1.75 bits per heavy atom. The molecule has 0 aliphatic carbocycles. The van der Waals surface area contributed by atoms with Gasteiger partial charge in [-0.05, 0) is 24.3 Å². The van der Waals surface area contributed by atoms with Crippen molar-refractivity contribution in [1.29, 1.82) is 0 Å². The van der Waals surface area contributed by atoms with Crippen LogP contribution in [0.5, 0.6) is 0 Å². The summed E-state index contributed by atoms with van der Waals surface area (Å²) in [6.07, 6.45) is 9.64. The zero-order valence-corrected chi connectivity index (χ0v) is 12.4. The molecule has 1 N–H and O–H groups in total. The fourth-order valence-electron chi connectivity index (χ4n) is 2.20. The molecule has 0 spiro atoms. The zero-order chi connectivity index (χ0) is 16.4. The Labute approximate surface area is 136 Å². The van der Waals surface area contributed by atoms with Gasteiger partial charge in [0.05, 0.1) is 29.1 Å². The average molecular weight is 317 g/mol. The number of fused-ring (bicyclic) bond motifs is 1. The summed E-state index contributed by atoms with van der Waals surface area (Å²) < 4.78 is 1.54. The van der Waals surface area contributed by atoms with Crippen LogP contribution in [0.25, 0.3) is 17.0 Å². The first-order valence-corrected chi connectivity index (χ1v) is 7.14. The van der Waals surface area contributed by atoms with Crippen molar-refractivity contribution < 1.29 is 4.79 Å². The summed E-state index contributed by atoms with van der Waals surface area (Å²) >= 11 is 0. The maximum absolute atomic E-state index is 12.3. The standard InChI is InChI=1S/C16H11N7O/c24-15(11-2-3-13-14(8-11)18-6-5-17-13)22-12-9-19-16(20-10-12)23-7-1-4-21-23/h1-10H,(H,22,24). The number of carbonyl (C=O) groups is 1. The van der Waals surface area contributed by atoms with E-state index in [9.17, 15) is 4.79 Å². The second kappa shape index (κ2) is 5.84. The largest absolute Gasteiger partial charge is 0.319 e. The molecule has 0 saturated heterocycles. The first-order chi connectivity index (χ1) is 11.8. The molecule has 3 aromatic heterocycles. The molecular formula is C16H11N7O. The lowest BCUT2D eigenvalue weighted by Crippen LogP contribution is -2.13. The number of hydrogen-bond donors (Lipinski definition) is 1. The Bertz CT molecular complexity index is 997. The average Bonchev–Trinajstić information content (AvgIpc) is 3.16. The van der Waals surface area contributed by atoms with Crippen LogP contribution in [0.4, 0.5) is 5.69 Å². The number of hydrogen-bond acceptors (Lipinski definition) is 6. The number of amides is 1. The van der Waals surface area contributed by atoms with Gasteiger partial charge in [-0.15, -0.1) is 0 Å². The van der Waals surface area contributed by atoms with Crippen molar-refractivity contribution in [2.45, 2.75) is 0 Å². The molecule has 8 heteroatoms. The number of aromatic nitrogens is 6. The third-order valence-electron chi connectivity index (χ3n) is 3.34. The van der Waals surface area contributed by atoms with E-state index in [1.54, 1.807) is 49.1 Å². The molecule has 0 unspecified atom stereocenters. The Hall–Kier alpha value is -3.68. The van der Waals surface area contributed by atoms with Crippen molar-refractivity contribution in [2.24, 2.45) is 0 Å². The lowest BCUT2D eigenvalue weighted by molar-refractivity contribution is 0.102. The second-order valence-corrected chi connectivity index (χ2v) is 4.94. The van der Waals surface area contributed by atoms with Crippen molar-refractivity contribution >= 4 is 22.6 Å². The SMILES string of the molecule is O=C(Nc1cnc(-n2cccn2)nc1)c1ccc2nccnc2c1. The highest BCUT2D eigenvalue weighted by molar-refractivity contribution is 6.05. The van der Waals surface area contributed by atoms with Gasteiger partial charge in [-0.1, -0.05) is 0 Å². The summed E-state index contributed by atoms with van der Waals surface area (Å²) in [5, 5.41) is 6.80. The van der Waals surface area contributed by atoms with E-state index in [-0.39, 0.29) is 5.91 Å². The van der Waals surface area contributed by atoms with Gasteiger partial charge < -0.3 is 5.32 Å². The fourth-order valence-corrected chi connectivity index (χ4v) is 2.20. The predicted molar refractivity (Wildman–Crippen MR) is 86.6 cm³/mol. The molecule has 3 heterocycles. The number of carbonyl (C=O) groups excluding carboxylic acids is 1. The van der Waals surface area contributed by atoms with Crippen LogP contribution >= 0.6 is 0 Å². The molecule has 4 rings (SSSR count). The minimum atomic E-state index is -0.266. The third-order valence-corrected chi connectivity index (χ3v) is 3.34. The van der Waals surface area contributed by atoms with E-state index in [1.807, 2.05) is 0 Å². The Morgan fingerprint density at radius 1 is 0.958 bits per heavy atom. The fraction of sp³-hybridized carbons (Fsp3) is 0. The molecule has 0 aliphatic heterocycles. The molecule has 116 valence electrons. The van der Waals surface area contributed by atoms with E-state index in [1.165, 1.54) is 17.1 Å². The van der Waals surface area contributed by atoms with Gasteiger partial charge in [0.1, 0.15) is 0 Å². The zero-order valence-electron chi connectivity index (χ0n) is 12.4. The minimum absolute atomic E-state index is 0.266. The summed E-state index contributed by atoms with van der Waals surface area (Å²) in [4.78, 5) is 29.1. The smallest absolute Gasteiger partial charge is 0.255 e. The van der Waals surface area contributed by atoms with E-state index < -0.39 is 0 Å². The van der Waals surface area contributed by atoms with Gasteiger partial charge in [-0.3, -0.25) is 14.8 Å². The lowest BCUT2D eigenvalue weighted by atomic mass is 10.2. The molecule has 4 aromatic rings. The van der Waals surface area contributed by atoms with E-state index in [0.717, 1.165) is 5.52 Å². The quantitative estimate of drug-likeness (QED) is 0.619. The normalized spacial score (nSPS) is 10.7. The molecule has 0 atom stereocenters. The van der Waals surface area contributed by atoms with Crippen LogP contribution in [-0.2, 0) is 0 Å². The van der Waals surface area contributed by atoms with Gasteiger partial charge in [0.25, 0.3) is 11.9 Å². The van der Waals surface area contributed by atoms with Crippen LogP contribution in [0, 0.1) is 0 Å². The Morgan fingerprint density at radius 3 is 2.50 bits per heavy atom. The van der Waals surface area contributed by atoms with Crippen LogP contribution in [0.1, 0.15) is 10.4 Å². The van der Waals surface area contributed by atoms with E-state index in [2.05, 4.69) is 30.4 Å². The molecule has 0 saturated carbocycles. The molecule has 1 amide bonds. The molecule has 0 bridgehead atoms. The number of nitrogens with one attached hydrogen (secondary N) is 1. The summed E-state index contributed by atoms with van der Waals surface area (Å²) in [6.45, 7) is 0. The van der Waals surface area contributed by atoms with E-state index in [4.69, 9.17) is 0 Å². The monoisotopic (exact) mass is 317 g/mol. The maximum Gasteiger partial charge on any atom is 0.255 e. The van der Waals surface area contributed by atoms with Crippen molar-refractivity contribution in [2.75, 3.05) is 5.32 Å². The number of benzene rings is 1. The number of nitrogens with zero attached hydrogens (tertiary/aromatic N) is 6.